The van der Waals surface area contributed by atoms with Gasteiger partial charge in [-0.3, -0.25) is 9.59 Å². The summed E-state index contributed by atoms with van der Waals surface area (Å²) < 4.78 is 0. The van der Waals surface area contributed by atoms with E-state index in [2.05, 4.69) is 11.4 Å². The van der Waals surface area contributed by atoms with Crippen molar-refractivity contribution in [1.82, 2.24) is 4.90 Å². The predicted octanol–water partition coefficient (Wildman–Crippen LogP) is 4.22. The molecule has 2 unspecified atom stereocenters. The first-order chi connectivity index (χ1) is 12.1. The van der Waals surface area contributed by atoms with Crippen LogP contribution in [0.4, 0.5) is 0 Å². The van der Waals surface area contributed by atoms with Crippen molar-refractivity contribution in [2.45, 2.75) is 24.0 Å². The van der Waals surface area contributed by atoms with Crippen LogP contribution in [-0.4, -0.2) is 35.0 Å². The number of thioether (sulfide) groups is 1. The summed E-state index contributed by atoms with van der Waals surface area (Å²) in [6, 6.07) is 11.8. The molecule has 1 N–H and O–H groups in total. The first kappa shape index (κ1) is 18.0. The molecule has 2 heterocycles. The minimum absolute atomic E-state index is 0.00460. The van der Waals surface area contributed by atoms with Crippen LogP contribution in [0.3, 0.4) is 0 Å². The molecule has 4 nitrogen and oxygen atoms in total. The predicted molar refractivity (Wildman–Crippen MR) is 101 cm³/mol. The van der Waals surface area contributed by atoms with Crippen LogP contribution in [0.25, 0.3) is 0 Å². The molecule has 1 amide bonds. The third kappa shape index (κ3) is 4.25. The largest absolute Gasteiger partial charge is 0.481 e. The van der Waals surface area contributed by atoms with Crippen LogP contribution in [0.1, 0.15) is 28.6 Å². The van der Waals surface area contributed by atoms with E-state index in [1.54, 1.807) is 28.0 Å². The second-order valence-electron chi connectivity index (χ2n) is 6.33. The lowest BCUT2D eigenvalue weighted by Crippen LogP contribution is -2.45. The number of carboxylic acids is 1. The number of benzene rings is 1. The van der Waals surface area contributed by atoms with E-state index in [1.165, 1.54) is 4.88 Å². The molecule has 0 spiro atoms. The number of nitrogens with zero attached hydrogens (tertiary/aromatic N) is 1. The Hall–Kier alpha value is -1.79. The number of hydrogen-bond donors (Lipinski definition) is 1. The van der Waals surface area contributed by atoms with Crippen LogP contribution >= 0.6 is 23.1 Å². The summed E-state index contributed by atoms with van der Waals surface area (Å²) in [6.07, 6.45) is 0.521. The molecule has 2 atom stereocenters. The maximum Gasteiger partial charge on any atom is 0.306 e. The molecular formula is C19H21NO3S2. The van der Waals surface area contributed by atoms with Gasteiger partial charge in [0.15, 0.2) is 0 Å². The van der Waals surface area contributed by atoms with E-state index in [0.717, 1.165) is 10.6 Å². The highest BCUT2D eigenvalue weighted by atomic mass is 32.2. The van der Waals surface area contributed by atoms with Crippen molar-refractivity contribution in [2.24, 2.45) is 11.8 Å². The highest BCUT2D eigenvalue weighted by molar-refractivity contribution is 7.98. The molecule has 0 aliphatic carbocycles. The fourth-order valence-corrected chi connectivity index (χ4v) is 5.00. The van der Waals surface area contributed by atoms with E-state index < -0.39 is 5.97 Å². The topological polar surface area (TPSA) is 57.6 Å². The minimum Gasteiger partial charge on any atom is -0.481 e. The van der Waals surface area contributed by atoms with Crippen LogP contribution < -0.4 is 0 Å². The van der Waals surface area contributed by atoms with Crippen molar-refractivity contribution >= 4 is 35.0 Å². The van der Waals surface area contributed by atoms with E-state index in [1.807, 2.05) is 37.3 Å². The monoisotopic (exact) mass is 375 g/mol. The number of piperidine rings is 1. The van der Waals surface area contributed by atoms with Gasteiger partial charge in [0.05, 0.1) is 11.5 Å². The van der Waals surface area contributed by atoms with Crippen LogP contribution in [0, 0.1) is 11.8 Å². The van der Waals surface area contributed by atoms with E-state index in [9.17, 15) is 14.7 Å². The molecule has 25 heavy (non-hydrogen) atoms. The quantitative estimate of drug-likeness (QED) is 0.795. The van der Waals surface area contributed by atoms with Crippen molar-refractivity contribution in [1.29, 1.82) is 0 Å². The first-order valence-electron chi connectivity index (χ1n) is 8.32. The molecule has 132 valence electrons. The van der Waals surface area contributed by atoms with Crippen LogP contribution in [0.15, 0.2) is 46.7 Å². The van der Waals surface area contributed by atoms with Gasteiger partial charge in [-0.1, -0.05) is 25.1 Å². The summed E-state index contributed by atoms with van der Waals surface area (Å²) in [5.41, 5.74) is 0.713. The van der Waals surface area contributed by atoms with Crippen LogP contribution in [0.2, 0.25) is 0 Å². The van der Waals surface area contributed by atoms with E-state index in [0.29, 0.717) is 25.1 Å². The molecule has 2 aromatic rings. The van der Waals surface area contributed by atoms with Gasteiger partial charge in [0.25, 0.3) is 5.91 Å². The van der Waals surface area contributed by atoms with Crippen molar-refractivity contribution in [2.75, 3.05) is 13.1 Å². The lowest BCUT2D eigenvalue weighted by molar-refractivity contribution is -0.145. The zero-order valence-corrected chi connectivity index (χ0v) is 15.7. The maximum atomic E-state index is 13.0. The molecule has 1 aromatic heterocycles. The number of carbonyl (C=O) groups is 2. The Morgan fingerprint density at radius 1 is 1.28 bits per heavy atom. The lowest BCUT2D eigenvalue weighted by atomic mass is 9.87. The van der Waals surface area contributed by atoms with Gasteiger partial charge < -0.3 is 10.0 Å². The van der Waals surface area contributed by atoms with Gasteiger partial charge in [-0.25, -0.2) is 0 Å². The first-order valence-corrected chi connectivity index (χ1v) is 10.2. The SMILES string of the molecule is CC1CN(C(=O)c2ccccc2SCc2cccs2)CCC1C(=O)O. The summed E-state index contributed by atoms with van der Waals surface area (Å²) >= 11 is 3.39. The molecule has 1 aromatic carbocycles. The Balaban J connectivity index is 1.71. The van der Waals surface area contributed by atoms with Gasteiger partial charge in [0.2, 0.25) is 0 Å². The van der Waals surface area contributed by atoms with Gasteiger partial charge in [-0.15, -0.1) is 23.1 Å². The van der Waals surface area contributed by atoms with Gasteiger partial charge >= 0.3 is 5.97 Å². The minimum atomic E-state index is -0.758. The fraction of sp³-hybridized carbons (Fsp3) is 0.368. The Morgan fingerprint density at radius 3 is 2.76 bits per heavy atom. The Morgan fingerprint density at radius 2 is 2.08 bits per heavy atom. The second kappa shape index (κ2) is 8.06. The molecule has 6 heteroatoms. The van der Waals surface area contributed by atoms with Crippen LogP contribution in [-0.2, 0) is 10.5 Å². The van der Waals surface area contributed by atoms with E-state index in [-0.39, 0.29) is 17.7 Å². The summed E-state index contributed by atoms with van der Waals surface area (Å²) in [4.78, 5) is 28.3. The van der Waals surface area contributed by atoms with Gasteiger partial charge in [0, 0.05) is 28.6 Å². The highest BCUT2D eigenvalue weighted by Gasteiger charge is 2.33. The Kier molecular flexibility index (Phi) is 5.81. The molecule has 1 fully saturated rings. The molecule has 0 saturated carbocycles. The number of carbonyl (C=O) groups excluding carboxylic acids is 1. The van der Waals surface area contributed by atoms with Crippen molar-refractivity contribution < 1.29 is 14.7 Å². The number of carboxylic acid groups (broad SMARTS) is 1. The number of likely N-dealkylation sites (tertiary alicyclic amines) is 1. The molecule has 1 saturated heterocycles. The smallest absolute Gasteiger partial charge is 0.306 e. The normalized spacial score (nSPS) is 20.4. The number of amides is 1. The van der Waals surface area contributed by atoms with Gasteiger partial charge in [-0.05, 0) is 35.9 Å². The van der Waals surface area contributed by atoms with Crippen molar-refractivity contribution in [3.63, 3.8) is 0 Å². The Bertz CT molecular complexity index is 745. The number of aliphatic carboxylic acids is 1. The third-order valence-corrected chi connectivity index (χ3v) is 6.76. The van der Waals surface area contributed by atoms with E-state index >= 15 is 0 Å². The molecule has 0 bridgehead atoms. The summed E-state index contributed by atoms with van der Waals surface area (Å²) in [5.74, 6) is -0.287. The average molecular weight is 376 g/mol. The van der Waals surface area contributed by atoms with E-state index in [4.69, 9.17) is 0 Å². The number of thiophene rings is 1. The molecule has 3 rings (SSSR count). The standard InChI is InChI=1S/C19H21NO3S2/c1-13-11-20(9-8-15(13)19(22)23)18(21)16-6-2-3-7-17(16)25-12-14-5-4-10-24-14/h2-7,10,13,15H,8-9,11-12H2,1H3,(H,22,23). The summed E-state index contributed by atoms with van der Waals surface area (Å²) in [7, 11) is 0. The number of rotatable bonds is 5. The van der Waals surface area contributed by atoms with Crippen LogP contribution in [0.5, 0.6) is 0 Å². The molecule has 0 radical (unpaired) electrons. The third-order valence-electron chi connectivity index (χ3n) is 4.58. The fourth-order valence-electron chi connectivity index (χ4n) is 3.18. The summed E-state index contributed by atoms with van der Waals surface area (Å²) in [5, 5.41) is 11.3. The summed E-state index contributed by atoms with van der Waals surface area (Å²) in [6.45, 7) is 2.92. The zero-order chi connectivity index (χ0) is 17.8. The zero-order valence-electron chi connectivity index (χ0n) is 14.1. The average Bonchev–Trinajstić information content (AvgIpc) is 3.12. The Labute approximate surface area is 155 Å². The van der Waals surface area contributed by atoms with Gasteiger partial charge in [0.1, 0.15) is 0 Å². The van der Waals surface area contributed by atoms with Gasteiger partial charge in [-0.2, -0.15) is 0 Å². The highest BCUT2D eigenvalue weighted by Crippen LogP contribution is 2.30. The number of hydrogen-bond acceptors (Lipinski definition) is 4. The second-order valence-corrected chi connectivity index (χ2v) is 8.38. The molecule has 1 aliphatic heterocycles. The molecule has 1 aliphatic rings. The maximum absolute atomic E-state index is 13.0. The molecular weight excluding hydrogens is 354 g/mol. The van der Waals surface area contributed by atoms with Crippen molar-refractivity contribution in [3.8, 4) is 0 Å². The van der Waals surface area contributed by atoms with Crippen molar-refractivity contribution in [3.05, 3.63) is 52.2 Å². The lowest BCUT2D eigenvalue weighted by Gasteiger charge is -2.35.